The Kier molecular flexibility index (Phi) is 3.94. The Hall–Kier alpha value is -2.17. The van der Waals surface area contributed by atoms with Crippen molar-refractivity contribution in [1.82, 2.24) is 5.16 Å². The van der Waals surface area contributed by atoms with E-state index in [1.165, 1.54) is 12.1 Å². The van der Waals surface area contributed by atoms with Crippen molar-refractivity contribution in [2.75, 3.05) is 5.32 Å². The van der Waals surface area contributed by atoms with Gasteiger partial charge in [-0.05, 0) is 30.2 Å². The van der Waals surface area contributed by atoms with Gasteiger partial charge in [0, 0.05) is 18.1 Å². The lowest BCUT2D eigenvalue weighted by Crippen LogP contribution is -2.13. The normalized spacial score (nSPS) is 10.7. The van der Waals surface area contributed by atoms with Gasteiger partial charge in [0.15, 0.2) is 0 Å². The van der Waals surface area contributed by atoms with Gasteiger partial charge in [0.2, 0.25) is 11.8 Å². The van der Waals surface area contributed by atoms with Gasteiger partial charge in [0.25, 0.3) is 0 Å². The molecule has 0 aliphatic rings. The second-order valence-electron chi connectivity index (χ2n) is 4.73. The van der Waals surface area contributed by atoms with Crippen LogP contribution in [0.15, 0.2) is 34.9 Å². The number of hydrogen-bond acceptors (Lipinski definition) is 3. The molecule has 1 heterocycles. The first-order valence-electron chi connectivity index (χ1n) is 6.07. The highest BCUT2D eigenvalue weighted by Gasteiger charge is 2.10. The van der Waals surface area contributed by atoms with Gasteiger partial charge < -0.3 is 4.52 Å². The molecule has 1 aromatic carbocycles. The molecule has 0 atom stereocenters. The maximum Gasteiger partial charge on any atom is 0.231 e. The van der Waals surface area contributed by atoms with E-state index in [1.54, 1.807) is 18.2 Å². The Morgan fingerprint density at radius 2 is 2.05 bits per heavy atom. The van der Waals surface area contributed by atoms with E-state index in [4.69, 9.17) is 4.52 Å². The van der Waals surface area contributed by atoms with Crippen LogP contribution in [0.2, 0.25) is 0 Å². The Balaban J connectivity index is 2.07. The zero-order valence-corrected chi connectivity index (χ0v) is 10.8. The number of carbonyl (C=O) groups excluding carboxylic acids is 1. The summed E-state index contributed by atoms with van der Waals surface area (Å²) in [6, 6.07) is 7.52. The molecule has 0 aliphatic heterocycles. The molecular weight excluding hydrogens is 247 g/mol. The highest BCUT2D eigenvalue weighted by Crippen LogP contribution is 2.22. The van der Waals surface area contributed by atoms with Crippen LogP contribution in [0.4, 0.5) is 10.3 Å². The molecule has 1 N–H and O–H groups in total. The van der Waals surface area contributed by atoms with Gasteiger partial charge in [-0.1, -0.05) is 19.0 Å². The summed E-state index contributed by atoms with van der Waals surface area (Å²) in [6.07, 6.45) is 0.423. The molecule has 0 unspecified atom stereocenters. The Morgan fingerprint density at radius 1 is 1.37 bits per heavy atom. The van der Waals surface area contributed by atoms with Crippen LogP contribution in [0.1, 0.15) is 20.3 Å². The third-order valence-electron chi connectivity index (χ3n) is 2.51. The summed E-state index contributed by atoms with van der Waals surface area (Å²) in [4.78, 5) is 11.6. The van der Waals surface area contributed by atoms with Crippen molar-refractivity contribution < 1.29 is 13.7 Å². The number of rotatable bonds is 4. The molecule has 19 heavy (non-hydrogen) atoms. The first-order valence-corrected chi connectivity index (χ1v) is 6.07. The molecular formula is C14H15FN2O2. The minimum absolute atomic E-state index is 0.114. The highest BCUT2D eigenvalue weighted by molar-refractivity contribution is 5.89. The number of aromatic nitrogens is 1. The van der Waals surface area contributed by atoms with Crippen LogP contribution in [0.3, 0.4) is 0 Å². The maximum absolute atomic E-state index is 12.8. The zero-order chi connectivity index (χ0) is 13.8. The van der Waals surface area contributed by atoms with Crippen LogP contribution >= 0.6 is 0 Å². The fraction of sp³-hybridized carbons (Fsp3) is 0.286. The molecule has 0 saturated heterocycles. The van der Waals surface area contributed by atoms with Crippen molar-refractivity contribution >= 4 is 11.8 Å². The van der Waals surface area contributed by atoms with Crippen molar-refractivity contribution in [3.63, 3.8) is 0 Å². The molecule has 0 radical (unpaired) electrons. The smallest absolute Gasteiger partial charge is 0.231 e. The number of nitrogens with zero attached hydrogens (tertiary/aromatic N) is 1. The average Bonchev–Trinajstić information content (AvgIpc) is 2.77. The predicted molar refractivity (Wildman–Crippen MR) is 70.0 cm³/mol. The summed E-state index contributed by atoms with van der Waals surface area (Å²) < 4.78 is 17.8. The third kappa shape index (κ3) is 3.64. The van der Waals surface area contributed by atoms with Crippen molar-refractivity contribution in [3.05, 3.63) is 36.1 Å². The van der Waals surface area contributed by atoms with E-state index in [0.29, 0.717) is 18.0 Å². The second-order valence-corrected chi connectivity index (χ2v) is 4.73. The predicted octanol–water partition coefficient (Wildman–Crippen LogP) is 3.47. The third-order valence-corrected chi connectivity index (χ3v) is 2.51. The van der Waals surface area contributed by atoms with Gasteiger partial charge in [-0.25, -0.2) is 4.39 Å². The minimum Gasteiger partial charge on any atom is -0.338 e. The monoisotopic (exact) mass is 262 g/mol. The summed E-state index contributed by atoms with van der Waals surface area (Å²) >= 11 is 0. The first-order chi connectivity index (χ1) is 9.04. The molecule has 0 spiro atoms. The average molecular weight is 262 g/mol. The molecule has 0 bridgehead atoms. The highest BCUT2D eigenvalue weighted by atomic mass is 19.1. The molecule has 2 aromatic rings. The van der Waals surface area contributed by atoms with Crippen LogP contribution in [0, 0.1) is 11.7 Å². The Labute approximate surface area is 110 Å². The Bertz CT molecular complexity index is 561. The summed E-state index contributed by atoms with van der Waals surface area (Å²) in [5.41, 5.74) is 1.29. The molecule has 0 saturated carbocycles. The van der Waals surface area contributed by atoms with Gasteiger partial charge in [0.1, 0.15) is 11.5 Å². The second kappa shape index (κ2) is 5.65. The van der Waals surface area contributed by atoms with E-state index in [0.717, 1.165) is 5.56 Å². The van der Waals surface area contributed by atoms with E-state index >= 15 is 0 Å². The summed E-state index contributed by atoms with van der Waals surface area (Å²) in [7, 11) is 0. The molecule has 1 aromatic heterocycles. The van der Waals surface area contributed by atoms with E-state index in [2.05, 4.69) is 10.5 Å². The van der Waals surface area contributed by atoms with E-state index in [-0.39, 0.29) is 17.6 Å². The fourth-order valence-electron chi connectivity index (χ4n) is 1.65. The van der Waals surface area contributed by atoms with Crippen LogP contribution < -0.4 is 5.32 Å². The SMILES string of the molecule is CC(C)CC(=O)Nc1cc(-c2ccc(F)cc2)no1. The fourth-order valence-corrected chi connectivity index (χ4v) is 1.65. The van der Waals surface area contributed by atoms with Crippen LogP contribution in [-0.4, -0.2) is 11.1 Å². The van der Waals surface area contributed by atoms with Gasteiger partial charge in [0.05, 0.1) is 0 Å². The van der Waals surface area contributed by atoms with Gasteiger partial charge in [-0.15, -0.1) is 0 Å². The van der Waals surface area contributed by atoms with Gasteiger partial charge in [-0.3, -0.25) is 10.1 Å². The van der Waals surface area contributed by atoms with Crippen molar-refractivity contribution in [1.29, 1.82) is 0 Å². The number of benzene rings is 1. The molecule has 1 amide bonds. The van der Waals surface area contributed by atoms with Gasteiger partial charge >= 0.3 is 0 Å². The van der Waals surface area contributed by atoms with E-state index in [9.17, 15) is 9.18 Å². The standard InChI is InChI=1S/C14H15FN2O2/c1-9(2)7-13(18)16-14-8-12(17-19-14)10-3-5-11(15)6-4-10/h3-6,8-9H,7H2,1-2H3,(H,16,18). The van der Waals surface area contributed by atoms with Crippen molar-refractivity contribution in [3.8, 4) is 11.3 Å². The summed E-state index contributed by atoms with van der Waals surface area (Å²) in [6.45, 7) is 3.92. The minimum atomic E-state index is -0.308. The lowest BCUT2D eigenvalue weighted by atomic mass is 10.1. The number of halogens is 1. The van der Waals surface area contributed by atoms with Crippen molar-refractivity contribution in [2.24, 2.45) is 5.92 Å². The van der Waals surface area contributed by atoms with Crippen LogP contribution in [-0.2, 0) is 4.79 Å². The number of anilines is 1. The van der Waals surface area contributed by atoms with Crippen molar-refractivity contribution in [2.45, 2.75) is 20.3 Å². The molecule has 0 fully saturated rings. The maximum atomic E-state index is 12.8. The number of carbonyl (C=O) groups is 1. The van der Waals surface area contributed by atoms with E-state index < -0.39 is 0 Å². The van der Waals surface area contributed by atoms with Gasteiger partial charge in [-0.2, -0.15) is 0 Å². The summed E-state index contributed by atoms with van der Waals surface area (Å²) in [5, 5.41) is 6.47. The molecule has 4 nitrogen and oxygen atoms in total. The number of hydrogen-bond donors (Lipinski definition) is 1. The number of nitrogens with one attached hydrogen (secondary N) is 1. The zero-order valence-electron chi connectivity index (χ0n) is 10.8. The van der Waals surface area contributed by atoms with Crippen LogP contribution in [0.25, 0.3) is 11.3 Å². The topological polar surface area (TPSA) is 55.1 Å². The Morgan fingerprint density at radius 3 is 2.68 bits per heavy atom. The lowest BCUT2D eigenvalue weighted by molar-refractivity contribution is -0.117. The summed E-state index contributed by atoms with van der Waals surface area (Å²) in [5.74, 6) is 0.152. The quantitative estimate of drug-likeness (QED) is 0.917. The largest absolute Gasteiger partial charge is 0.338 e. The van der Waals surface area contributed by atoms with E-state index in [1.807, 2.05) is 13.8 Å². The molecule has 0 aliphatic carbocycles. The molecule has 2 rings (SSSR count). The van der Waals surface area contributed by atoms with Crippen LogP contribution in [0.5, 0.6) is 0 Å². The number of amides is 1. The molecule has 100 valence electrons. The lowest BCUT2D eigenvalue weighted by Gasteiger charge is -2.02. The molecule has 5 heteroatoms. The first kappa shape index (κ1) is 13.3.